The van der Waals surface area contributed by atoms with Gasteiger partial charge in [0, 0.05) is 17.3 Å². The summed E-state index contributed by atoms with van der Waals surface area (Å²) in [5.74, 6) is 0.370. The summed E-state index contributed by atoms with van der Waals surface area (Å²) in [5.41, 5.74) is 2.78. The highest BCUT2D eigenvalue weighted by molar-refractivity contribution is 7.92. The first-order valence-corrected chi connectivity index (χ1v) is 8.72. The Kier molecular flexibility index (Phi) is 4.37. The topological polar surface area (TPSA) is 92.4 Å². The number of hydrogen-bond donors (Lipinski definition) is 2. The van der Waals surface area contributed by atoms with E-state index in [4.69, 9.17) is 9.63 Å². The number of benzene rings is 2. The summed E-state index contributed by atoms with van der Waals surface area (Å²) in [5, 5.41) is 12.8. The van der Waals surface area contributed by atoms with E-state index >= 15 is 0 Å². The second-order valence-electron chi connectivity index (χ2n) is 5.33. The van der Waals surface area contributed by atoms with Gasteiger partial charge in [0.2, 0.25) is 0 Å². The highest BCUT2D eigenvalue weighted by Crippen LogP contribution is 2.23. The Morgan fingerprint density at radius 1 is 1.08 bits per heavy atom. The normalized spacial score (nSPS) is 11.4. The largest absolute Gasteiger partial charge is 0.388 e. The average Bonchev–Trinajstić information content (AvgIpc) is 3.05. The van der Waals surface area contributed by atoms with Crippen molar-refractivity contribution in [3.05, 3.63) is 65.9 Å². The first-order chi connectivity index (χ1) is 11.5. The SMILES string of the molecule is Cc1ccc(S(=O)(=O)Nc2ccc(-c3cc(CO)on3)cc2)cc1. The van der Waals surface area contributed by atoms with Crippen molar-refractivity contribution in [3.63, 3.8) is 0 Å². The van der Waals surface area contributed by atoms with Crippen LogP contribution < -0.4 is 4.72 Å². The standard InChI is InChI=1S/C17H16N2O4S/c1-12-2-8-16(9-3-12)24(21,22)19-14-6-4-13(5-7-14)17-10-15(11-20)23-18-17/h2-10,19-20H,11H2,1H3. The van der Waals surface area contributed by atoms with Crippen LogP contribution in [0.1, 0.15) is 11.3 Å². The van der Waals surface area contributed by atoms with E-state index in [9.17, 15) is 8.42 Å². The smallest absolute Gasteiger partial charge is 0.261 e. The molecule has 0 bridgehead atoms. The Labute approximate surface area is 139 Å². The predicted molar refractivity (Wildman–Crippen MR) is 89.8 cm³/mol. The molecular formula is C17H16N2O4S. The van der Waals surface area contributed by atoms with Gasteiger partial charge in [0.25, 0.3) is 10.0 Å². The molecule has 1 aromatic heterocycles. The van der Waals surface area contributed by atoms with Crippen LogP contribution >= 0.6 is 0 Å². The van der Waals surface area contributed by atoms with Gasteiger partial charge in [0.05, 0.1) is 4.90 Å². The number of aromatic nitrogens is 1. The minimum atomic E-state index is -3.62. The van der Waals surface area contributed by atoms with Crippen molar-refractivity contribution >= 4 is 15.7 Å². The minimum absolute atomic E-state index is 0.210. The number of nitrogens with one attached hydrogen (secondary N) is 1. The molecule has 3 rings (SSSR count). The molecule has 3 aromatic rings. The molecule has 7 heteroatoms. The summed E-state index contributed by atoms with van der Waals surface area (Å²) in [6.07, 6.45) is 0. The predicted octanol–water partition coefficient (Wildman–Crippen LogP) is 2.94. The van der Waals surface area contributed by atoms with Crippen molar-refractivity contribution in [1.82, 2.24) is 5.16 Å². The molecular weight excluding hydrogens is 328 g/mol. The first-order valence-electron chi connectivity index (χ1n) is 7.24. The maximum Gasteiger partial charge on any atom is 0.261 e. The van der Waals surface area contributed by atoms with Gasteiger partial charge in [-0.25, -0.2) is 8.42 Å². The number of aryl methyl sites for hydroxylation is 1. The Bertz CT molecular complexity index is 929. The van der Waals surface area contributed by atoms with Gasteiger partial charge in [0.15, 0.2) is 5.76 Å². The monoisotopic (exact) mass is 344 g/mol. The van der Waals surface area contributed by atoms with Crippen molar-refractivity contribution in [2.45, 2.75) is 18.4 Å². The Morgan fingerprint density at radius 2 is 1.75 bits per heavy atom. The number of sulfonamides is 1. The maximum atomic E-state index is 12.3. The summed E-state index contributed by atoms with van der Waals surface area (Å²) < 4.78 is 32.2. The highest BCUT2D eigenvalue weighted by Gasteiger charge is 2.14. The van der Waals surface area contributed by atoms with Crippen LogP contribution in [0.5, 0.6) is 0 Å². The molecule has 0 spiro atoms. The zero-order valence-electron chi connectivity index (χ0n) is 12.9. The fraction of sp³-hybridized carbons (Fsp3) is 0.118. The third-order valence-corrected chi connectivity index (χ3v) is 4.88. The fourth-order valence-corrected chi connectivity index (χ4v) is 3.22. The van der Waals surface area contributed by atoms with Crippen LogP contribution in [0.25, 0.3) is 11.3 Å². The molecule has 6 nitrogen and oxygen atoms in total. The number of rotatable bonds is 5. The molecule has 24 heavy (non-hydrogen) atoms. The van der Waals surface area contributed by atoms with Crippen molar-refractivity contribution in [1.29, 1.82) is 0 Å². The first kappa shape index (κ1) is 16.2. The van der Waals surface area contributed by atoms with Crippen LogP contribution in [-0.2, 0) is 16.6 Å². The van der Waals surface area contributed by atoms with Gasteiger partial charge in [0.1, 0.15) is 12.3 Å². The average molecular weight is 344 g/mol. The molecule has 0 saturated heterocycles. The second-order valence-corrected chi connectivity index (χ2v) is 7.01. The van der Waals surface area contributed by atoms with E-state index in [0.29, 0.717) is 17.1 Å². The fourth-order valence-electron chi connectivity index (χ4n) is 2.16. The summed E-state index contributed by atoms with van der Waals surface area (Å²) in [4.78, 5) is 0.210. The van der Waals surface area contributed by atoms with Crippen LogP contribution in [0.4, 0.5) is 5.69 Å². The number of anilines is 1. The van der Waals surface area contributed by atoms with Gasteiger partial charge in [-0.05, 0) is 31.2 Å². The molecule has 0 aliphatic rings. The summed E-state index contributed by atoms with van der Waals surface area (Å²) in [6, 6.07) is 15.0. The summed E-state index contributed by atoms with van der Waals surface area (Å²) in [6.45, 7) is 1.68. The number of hydrogen-bond acceptors (Lipinski definition) is 5. The van der Waals surface area contributed by atoms with Crippen LogP contribution in [0.3, 0.4) is 0 Å². The van der Waals surface area contributed by atoms with Gasteiger partial charge >= 0.3 is 0 Å². The van der Waals surface area contributed by atoms with Crippen molar-refractivity contribution < 1.29 is 18.0 Å². The highest BCUT2D eigenvalue weighted by atomic mass is 32.2. The summed E-state index contributed by atoms with van der Waals surface area (Å²) in [7, 11) is -3.62. The van der Waals surface area contributed by atoms with Gasteiger partial charge in [-0.15, -0.1) is 0 Å². The molecule has 124 valence electrons. The van der Waals surface area contributed by atoms with Crippen molar-refractivity contribution in [2.24, 2.45) is 0 Å². The van der Waals surface area contributed by atoms with Gasteiger partial charge < -0.3 is 9.63 Å². The molecule has 0 fully saturated rings. The molecule has 0 unspecified atom stereocenters. The third kappa shape index (κ3) is 3.47. The quantitative estimate of drug-likeness (QED) is 0.742. The summed E-state index contributed by atoms with van der Waals surface area (Å²) >= 11 is 0. The number of aliphatic hydroxyl groups excluding tert-OH is 1. The molecule has 0 saturated carbocycles. The van der Waals surface area contributed by atoms with E-state index in [-0.39, 0.29) is 11.5 Å². The van der Waals surface area contributed by atoms with Crippen LogP contribution in [-0.4, -0.2) is 18.7 Å². The minimum Gasteiger partial charge on any atom is -0.388 e. The van der Waals surface area contributed by atoms with Crippen LogP contribution in [0, 0.1) is 6.92 Å². The zero-order valence-corrected chi connectivity index (χ0v) is 13.7. The van der Waals surface area contributed by atoms with E-state index in [1.807, 2.05) is 6.92 Å². The van der Waals surface area contributed by atoms with Crippen molar-refractivity contribution in [2.75, 3.05) is 4.72 Å². The van der Waals surface area contributed by atoms with E-state index in [1.54, 1.807) is 54.6 Å². The van der Waals surface area contributed by atoms with Gasteiger partial charge in [-0.1, -0.05) is 35.0 Å². The van der Waals surface area contributed by atoms with E-state index in [1.165, 1.54) is 0 Å². The molecule has 0 radical (unpaired) electrons. The van der Waals surface area contributed by atoms with E-state index in [0.717, 1.165) is 11.1 Å². The van der Waals surface area contributed by atoms with Gasteiger partial charge in [-0.3, -0.25) is 4.72 Å². The molecule has 0 atom stereocenters. The Balaban J connectivity index is 1.79. The maximum absolute atomic E-state index is 12.3. The Hall–Kier alpha value is -2.64. The van der Waals surface area contributed by atoms with E-state index in [2.05, 4.69) is 9.88 Å². The number of nitrogens with zero attached hydrogens (tertiary/aromatic N) is 1. The lowest BCUT2D eigenvalue weighted by Crippen LogP contribution is -2.12. The lowest BCUT2D eigenvalue weighted by atomic mass is 10.1. The van der Waals surface area contributed by atoms with E-state index < -0.39 is 10.0 Å². The van der Waals surface area contributed by atoms with Crippen LogP contribution in [0.15, 0.2) is 64.0 Å². The number of aliphatic hydroxyl groups is 1. The lowest BCUT2D eigenvalue weighted by Gasteiger charge is -2.08. The second kappa shape index (κ2) is 6.46. The van der Waals surface area contributed by atoms with Crippen molar-refractivity contribution in [3.8, 4) is 11.3 Å². The molecule has 0 aliphatic carbocycles. The van der Waals surface area contributed by atoms with Crippen LogP contribution in [0.2, 0.25) is 0 Å². The molecule has 2 N–H and O–H groups in total. The van der Waals surface area contributed by atoms with Gasteiger partial charge in [-0.2, -0.15) is 0 Å². The lowest BCUT2D eigenvalue weighted by molar-refractivity contribution is 0.229. The molecule has 0 aliphatic heterocycles. The molecule has 2 aromatic carbocycles. The molecule has 0 amide bonds. The molecule has 1 heterocycles. The Morgan fingerprint density at radius 3 is 2.33 bits per heavy atom. The zero-order chi connectivity index (χ0) is 17.2. The third-order valence-electron chi connectivity index (χ3n) is 3.48.